The summed E-state index contributed by atoms with van der Waals surface area (Å²) < 4.78 is 11.9. The van der Waals surface area contributed by atoms with Gasteiger partial charge in [-0.2, -0.15) is 0 Å². The van der Waals surface area contributed by atoms with Gasteiger partial charge in [-0.1, -0.05) is 59.8 Å². The second-order valence-electron chi connectivity index (χ2n) is 12.7. The summed E-state index contributed by atoms with van der Waals surface area (Å²) in [6.45, 7) is 7.28. The first-order valence-electron chi connectivity index (χ1n) is 15.0. The first kappa shape index (κ1) is 31.3. The second-order valence-corrected chi connectivity index (χ2v) is 12.7. The smallest absolute Gasteiger partial charge is 0.405 e. The molecule has 2 aliphatic rings. The number of rotatable bonds is 13. The van der Waals surface area contributed by atoms with Gasteiger partial charge in [-0.05, 0) is 42.7 Å². The zero-order valence-electron chi connectivity index (χ0n) is 25.4. The number of carboxylic acid groups (broad SMARTS) is 1. The molecule has 4 atom stereocenters. The highest BCUT2D eigenvalue weighted by Gasteiger charge is 2.50. The number of aryl methyl sites for hydroxylation is 1. The largest absolute Gasteiger partial charge is 0.497 e. The molecule has 4 rings (SSSR count). The molecular formula is C31H45N5O6. The van der Waals surface area contributed by atoms with Gasteiger partial charge in [0.05, 0.1) is 24.7 Å². The van der Waals surface area contributed by atoms with Crippen molar-refractivity contribution in [3.63, 3.8) is 0 Å². The Hall–Kier alpha value is -3.63. The van der Waals surface area contributed by atoms with Crippen LogP contribution in [0.2, 0.25) is 0 Å². The number of benzene rings is 1. The van der Waals surface area contributed by atoms with Crippen molar-refractivity contribution in [2.24, 2.45) is 23.0 Å². The number of amides is 3. The van der Waals surface area contributed by atoms with Crippen LogP contribution in [0.4, 0.5) is 4.79 Å². The first-order valence-corrected chi connectivity index (χ1v) is 15.0. The van der Waals surface area contributed by atoms with Crippen LogP contribution in [0.3, 0.4) is 0 Å². The van der Waals surface area contributed by atoms with E-state index in [0.717, 1.165) is 30.0 Å². The number of carbonyl (C=O) groups is 3. The van der Waals surface area contributed by atoms with Crippen molar-refractivity contribution in [2.75, 3.05) is 13.7 Å². The first-order chi connectivity index (χ1) is 19.9. The topological polar surface area (TPSA) is 157 Å². The maximum atomic E-state index is 13.8. The van der Waals surface area contributed by atoms with Crippen LogP contribution in [-0.4, -0.2) is 69.7 Å². The Morgan fingerprint density at radius 1 is 1.14 bits per heavy atom. The Kier molecular flexibility index (Phi) is 9.78. The molecule has 3 amide bonds. The van der Waals surface area contributed by atoms with Crippen LogP contribution in [0.25, 0.3) is 11.0 Å². The predicted molar refractivity (Wildman–Crippen MR) is 158 cm³/mol. The Morgan fingerprint density at radius 3 is 2.48 bits per heavy atom. The summed E-state index contributed by atoms with van der Waals surface area (Å²) in [4.78, 5) is 49.2. The molecule has 0 bridgehead atoms. The van der Waals surface area contributed by atoms with Crippen LogP contribution in [0.1, 0.15) is 78.3 Å². The summed E-state index contributed by atoms with van der Waals surface area (Å²) in [5.74, 6) is 0.340. The number of fused-ring (bicyclic) bond motifs is 1. The SMILES string of the molecule is CC[C@@H]1[C@@H](Oc2nc3cc(OC)ccc3nc2CCCCCC2CC2)CN(C(=O)[C@@H](NC(=O)O)C(C)(C)C)[C@@H]1C(N)=O. The minimum absolute atomic E-state index is 0.0669. The van der Waals surface area contributed by atoms with Gasteiger partial charge in [0.1, 0.15) is 29.6 Å². The molecule has 11 nitrogen and oxygen atoms in total. The molecule has 1 aromatic heterocycles. The third-order valence-electron chi connectivity index (χ3n) is 8.42. The van der Waals surface area contributed by atoms with Gasteiger partial charge >= 0.3 is 6.09 Å². The number of nitrogens with one attached hydrogen (secondary N) is 1. The molecule has 1 saturated carbocycles. The number of hydrogen-bond acceptors (Lipinski definition) is 7. The monoisotopic (exact) mass is 583 g/mol. The van der Waals surface area contributed by atoms with Crippen molar-refractivity contribution >= 4 is 28.9 Å². The van der Waals surface area contributed by atoms with Crippen LogP contribution in [-0.2, 0) is 16.0 Å². The average molecular weight is 584 g/mol. The van der Waals surface area contributed by atoms with Crippen molar-refractivity contribution in [1.82, 2.24) is 20.2 Å². The Morgan fingerprint density at radius 2 is 1.88 bits per heavy atom. The lowest BCUT2D eigenvalue weighted by atomic mass is 9.85. The lowest BCUT2D eigenvalue weighted by molar-refractivity contribution is -0.141. The minimum Gasteiger partial charge on any atom is -0.497 e. The Bertz CT molecular complexity index is 1290. The van der Waals surface area contributed by atoms with Crippen LogP contribution in [0, 0.1) is 17.3 Å². The van der Waals surface area contributed by atoms with Gasteiger partial charge in [0.15, 0.2) is 0 Å². The summed E-state index contributed by atoms with van der Waals surface area (Å²) >= 11 is 0. The summed E-state index contributed by atoms with van der Waals surface area (Å²) in [6, 6.07) is 3.49. The lowest BCUT2D eigenvalue weighted by Crippen LogP contribution is -2.57. The van der Waals surface area contributed by atoms with E-state index in [-0.39, 0.29) is 6.54 Å². The van der Waals surface area contributed by atoms with E-state index in [4.69, 9.17) is 25.2 Å². The zero-order valence-corrected chi connectivity index (χ0v) is 25.4. The van der Waals surface area contributed by atoms with Crippen molar-refractivity contribution in [3.05, 3.63) is 23.9 Å². The summed E-state index contributed by atoms with van der Waals surface area (Å²) in [7, 11) is 1.59. The fourth-order valence-corrected chi connectivity index (χ4v) is 5.91. The van der Waals surface area contributed by atoms with E-state index in [0.29, 0.717) is 30.0 Å². The number of carbonyl (C=O) groups excluding carboxylic acids is 2. The third-order valence-corrected chi connectivity index (χ3v) is 8.42. The van der Waals surface area contributed by atoms with Gasteiger partial charge < -0.3 is 30.5 Å². The maximum absolute atomic E-state index is 13.8. The third kappa shape index (κ3) is 7.41. The number of likely N-dealkylation sites (tertiary alicyclic amines) is 1. The molecule has 2 fully saturated rings. The number of aromatic nitrogens is 2. The molecule has 4 N–H and O–H groups in total. The second kappa shape index (κ2) is 13.1. The number of hydrogen-bond donors (Lipinski definition) is 3. The average Bonchev–Trinajstić information content (AvgIpc) is 3.68. The normalized spacial score (nSPS) is 21.3. The van der Waals surface area contributed by atoms with E-state index in [1.54, 1.807) is 33.9 Å². The van der Waals surface area contributed by atoms with Gasteiger partial charge in [-0.25, -0.2) is 14.8 Å². The van der Waals surface area contributed by atoms with Gasteiger partial charge in [-0.15, -0.1) is 0 Å². The molecule has 2 aromatic rings. The van der Waals surface area contributed by atoms with Gasteiger partial charge in [0.25, 0.3) is 0 Å². The molecule has 1 aliphatic carbocycles. The molecule has 42 heavy (non-hydrogen) atoms. The number of primary amides is 1. The van der Waals surface area contributed by atoms with Crippen molar-refractivity contribution < 1.29 is 29.0 Å². The van der Waals surface area contributed by atoms with Gasteiger partial charge in [0, 0.05) is 12.0 Å². The van der Waals surface area contributed by atoms with E-state index in [9.17, 15) is 19.5 Å². The van der Waals surface area contributed by atoms with E-state index >= 15 is 0 Å². The number of ether oxygens (including phenoxy) is 2. The molecule has 0 spiro atoms. The van der Waals surface area contributed by atoms with Gasteiger partial charge in [-0.3, -0.25) is 9.59 Å². The van der Waals surface area contributed by atoms with E-state index < -0.39 is 47.4 Å². The predicted octanol–water partition coefficient (Wildman–Crippen LogP) is 4.30. The van der Waals surface area contributed by atoms with E-state index in [1.807, 2.05) is 19.1 Å². The molecule has 0 unspecified atom stereocenters. The van der Waals surface area contributed by atoms with Crippen molar-refractivity contribution in [3.8, 4) is 11.6 Å². The molecule has 11 heteroatoms. The molecule has 1 aliphatic heterocycles. The highest BCUT2D eigenvalue weighted by atomic mass is 16.5. The molecule has 0 radical (unpaired) electrons. The van der Waals surface area contributed by atoms with Crippen molar-refractivity contribution in [2.45, 2.75) is 97.2 Å². The Labute approximate surface area is 247 Å². The lowest BCUT2D eigenvalue weighted by Gasteiger charge is -2.34. The standard InChI is InChI=1S/C31H45N5O6/c1-6-20-24(17-36(25(20)27(32)37)29(38)26(31(2,3)4)35-30(39)40)42-28-22(11-9-7-8-10-18-12-13-18)33-21-15-14-19(41-5)16-23(21)34-28/h14-16,18,20,24-26,35H,6-13,17H2,1-5H3,(H2,32,37)(H,39,40)/t20-,24+,25+,26-/m1/s1. The number of nitrogens with zero attached hydrogens (tertiary/aromatic N) is 3. The number of methoxy groups -OCH3 is 1. The molecule has 1 saturated heterocycles. The summed E-state index contributed by atoms with van der Waals surface area (Å²) in [6.07, 6.45) is 6.51. The van der Waals surface area contributed by atoms with Gasteiger partial charge in [0.2, 0.25) is 17.7 Å². The molecule has 230 valence electrons. The van der Waals surface area contributed by atoms with E-state index in [1.165, 1.54) is 30.6 Å². The van der Waals surface area contributed by atoms with Crippen LogP contribution < -0.4 is 20.5 Å². The van der Waals surface area contributed by atoms with Crippen LogP contribution in [0.5, 0.6) is 11.6 Å². The van der Waals surface area contributed by atoms with Crippen molar-refractivity contribution in [1.29, 1.82) is 0 Å². The summed E-state index contributed by atoms with van der Waals surface area (Å²) in [5.41, 5.74) is 7.18. The Balaban J connectivity index is 1.63. The zero-order chi connectivity index (χ0) is 30.6. The highest BCUT2D eigenvalue weighted by Crippen LogP contribution is 2.36. The van der Waals surface area contributed by atoms with E-state index in [2.05, 4.69) is 5.32 Å². The maximum Gasteiger partial charge on any atom is 0.405 e. The minimum atomic E-state index is -1.32. The number of nitrogens with two attached hydrogens (primary N) is 1. The van der Waals surface area contributed by atoms with Crippen LogP contribution >= 0.6 is 0 Å². The molecule has 1 aromatic carbocycles. The fraction of sp³-hybridized carbons (Fsp3) is 0.645. The molecule has 2 heterocycles. The van der Waals surface area contributed by atoms with Crippen LogP contribution in [0.15, 0.2) is 18.2 Å². The molecular weight excluding hydrogens is 538 g/mol. The quantitative estimate of drug-likeness (QED) is 0.295. The number of unbranched alkanes of at least 4 members (excludes halogenated alkanes) is 2. The fourth-order valence-electron chi connectivity index (χ4n) is 5.91. The summed E-state index contributed by atoms with van der Waals surface area (Å²) in [5, 5.41) is 11.8. The highest BCUT2D eigenvalue weighted by molar-refractivity contribution is 5.92.